The summed E-state index contributed by atoms with van der Waals surface area (Å²) in [5.41, 5.74) is 2.57. The molecule has 0 radical (unpaired) electrons. The summed E-state index contributed by atoms with van der Waals surface area (Å²) in [5.74, 6) is -2.25. The van der Waals surface area contributed by atoms with Crippen LogP contribution in [0.4, 0.5) is 19.4 Å². The Morgan fingerprint density at radius 2 is 2.00 bits per heavy atom. The van der Waals surface area contributed by atoms with E-state index in [1.807, 2.05) is 0 Å². The van der Waals surface area contributed by atoms with Crippen molar-refractivity contribution in [2.45, 2.75) is 51.2 Å². The number of carbonyl (C=O) groups excluding carboxylic acids is 1. The topological polar surface area (TPSA) is 113 Å². The summed E-state index contributed by atoms with van der Waals surface area (Å²) in [6.45, 7) is 2.95. The van der Waals surface area contributed by atoms with Crippen LogP contribution in [0.3, 0.4) is 0 Å². The van der Waals surface area contributed by atoms with Crippen molar-refractivity contribution in [1.82, 2.24) is 15.2 Å². The number of alkyl carbamates (subject to hydrolysis) is 1. The van der Waals surface area contributed by atoms with Gasteiger partial charge in [-0.3, -0.25) is 0 Å². The molecule has 1 aliphatic rings. The highest BCUT2D eigenvalue weighted by molar-refractivity contribution is 5.79. The van der Waals surface area contributed by atoms with Gasteiger partial charge < -0.3 is 30.1 Å². The van der Waals surface area contributed by atoms with Gasteiger partial charge in [0.15, 0.2) is 11.6 Å². The largest absolute Gasteiger partial charge is 0.480 e. The third-order valence-corrected chi connectivity index (χ3v) is 6.40. The molecule has 0 bridgehead atoms. The molecule has 1 aromatic heterocycles. The molecule has 9 nitrogen and oxygen atoms in total. The van der Waals surface area contributed by atoms with Crippen molar-refractivity contribution in [3.8, 4) is 0 Å². The second-order valence-corrected chi connectivity index (χ2v) is 9.28. The Hall–Kier alpha value is -3.31. The second-order valence-electron chi connectivity index (χ2n) is 9.28. The molecule has 3 N–H and O–H groups in total. The molecule has 2 aromatic rings. The summed E-state index contributed by atoms with van der Waals surface area (Å²) in [6.07, 6.45) is 4.10. The number of aryl methyl sites for hydroxylation is 2. The van der Waals surface area contributed by atoms with Gasteiger partial charge in [0.05, 0.1) is 6.61 Å². The van der Waals surface area contributed by atoms with Crippen LogP contribution in [-0.4, -0.2) is 73.0 Å². The minimum absolute atomic E-state index is 0.164. The van der Waals surface area contributed by atoms with E-state index >= 15 is 0 Å². The number of hydrogen-bond donors (Lipinski definition) is 3. The van der Waals surface area contributed by atoms with Gasteiger partial charge >= 0.3 is 12.1 Å². The maximum atomic E-state index is 13.3. The van der Waals surface area contributed by atoms with E-state index in [9.17, 15) is 23.5 Å². The van der Waals surface area contributed by atoms with Crippen molar-refractivity contribution < 1.29 is 33.0 Å². The van der Waals surface area contributed by atoms with E-state index < -0.39 is 29.7 Å². The van der Waals surface area contributed by atoms with Crippen molar-refractivity contribution in [3.63, 3.8) is 0 Å². The summed E-state index contributed by atoms with van der Waals surface area (Å²) in [6, 6.07) is 6.21. The average Bonchev–Trinajstić information content (AvgIpc) is 2.91. The predicted molar refractivity (Wildman–Crippen MR) is 138 cm³/mol. The van der Waals surface area contributed by atoms with Crippen LogP contribution < -0.4 is 10.6 Å². The van der Waals surface area contributed by atoms with E-state index in [0.717, 1.165) is 68.8 Å². The zero-order valence-corrected chi connectivity index (χ0v) is 21.7. The first kappa shape index (κ1) is 29.2. The summed E-state index contributed by atoms with van der Waals surface area (Å²) in [4.78, 5) is 30.7. The van der Waals surface area contributed by atoms with Crippen molar-refractivity contribution >= 4 is 17.9 Å². The minimum Gasteiger partial charge on any atom is -0.480 e. The Bertz CT molecular complexity index is 1070. The molecule has 0 fully saturated rings. The number of nitrogens with one attached hydrogen (secondary N) is 2. The number of nitrogens with zero attached hydrogens (tertiary/aromatic N) is 2. The normalized spacial score (nSPS) is 13.5. The molecule has 208 valence electrons. The molecule has 3 rings (SSSR count). The molecule has 0 saturated heterocycles. The summed E-state index contributed by atoms with van der Waals surface area (Å²) in [7, 11) is 1.61. The first-order chi connectivity index (χ1) is 18.4. The fourth-order valence-corrected chi connectivity index (χ4v) is 4.24. The number of aliphatic carboxylic acids is 1. The molecule has 0 spiro atoms. The Balaban J connectivity index is 1.43. The Labute approximate surface area is 221 Å². The minimum atomic E-state index is -1.19. The number of anilines is 1. The quantitative estimate of drug-likeness (QED) is 0.296. The number of carboxylic acids is 1. The predicted octanol–water partition coefficient (Wildman–Crippen LogP) is 3.76. The molecule has 38 heavy (non-hydrogen) atoms. The van der Waals surface area contributed by atoms with Gasteiger partial charge in [0.25, 0.3) is 0 Å². The molecular formula is C27H36F2N4O5. The molecule has 1 atom stereocenters. The number of benzene rings is 1. The molecule has 11 heteroatoms. The SMILES string of the molecule is COCCN(CCCCc1ccc2c(n1)NCCC2)CC[C@H](NC(=O)OCc1ccc(F)c(F)c1)C(=O)O. The fraction of sp³-hybridized carbons (Fsp3) is 0.519. The molecule has 0 unspecified atom stereocenters. The second kappa shape index (κ2) is 15.2. The number of amides is 1. The van der Waals surface area contributed by atoms with Crippen molar-refractivity contribution in [2.24, 2.45) is 0 Å². The van der Waals surface area contributed by atoms with Crippen molar-refractivity contribution in [1.29, 1.82) is 0 Å². The monoisotopic (exact) mass is 534 g/mol. The fourth-order valence-electron chi connectivity index (χ4n) is 4.24. The van der Waals surface area contributed by atoms with Crippen LogP contribution in [0.1, 0.15) is 42.5 Å². The Morgan fingerprint density at radius 1 is 1.16 bits per heavy atom. The molecule has 0 aliphatic carbocycles. The number of pyridine rings is 1. The van der Waals surface area contributed by atoms with Crippen LogP contribution in [0.15, 0.2) is 30.3 Å². The molecule has 1 aromatic carbocycles. The van der Waals surface area contributed by atoms with Crippen LogP contribution in [0, 0.1) is 11.6 Å². The number of carbonyl (C=O) groups is 2. The van der Waals surface area contributed by atoms with Gasteiger partial charge in [-0.15, -0.1) is 0 Å². The van der Waals surface area contributed by atoms with Crippen LogP contribution in [0.2, 0.25) is 0 Å². The van der Waals surface area contributed by atoms with Gasteiger partial charge in [0, 0.05) is 32.4 Å². The van der Waals surface area contributed by atoms with E-state index in [-0.39, 0.29) is 18.6 Å². The lowest BCUT2D eigenvalue weighted by atomic mass is 10.1. The number of aromatic nitrogens is 1. The van der Waals surface area contributed by atoms with E-state index in [4.69, 9.17) is 14.5 Å². The number of methoxy groups -OCH3 is 1. The van der Waals surface area contributed by atoms with E-state index in [1.54, 1.807) is 7.11 Å². The third-order valence-electron chi connectivity index (χ3n) is 6.40. The highest BCUT2D eigenvalue weighted by Gasteiger charge is 2.22. The highest BCUT2D eigenvalue weighted by Crippen LogP contribution is 2.20. The van der Waals surface area contributed by atoms with Gasteiger partial charge in [-0.05, 0) is 74.4 Å². The number of rotatable bonds is 15. The van der Waals surface area contributed by atoms with Gasteiger partial charge in [-0.25, -0.2) is 23.4 Å². The molecule has 1 amide bonds. The standard InChI is InChI=1S/C27H36F2N4O5/c1-37-16-15-33(13-3-2-6-21-9-8-20-5-4-12-30-25(20)31-21)14-11-24(26(34)35)32-27(36)38-18-19-7-10-22(28)23(29)17-19/h7-10,17,24H,2-6,11-16,18H2,1H3,(H,30,31)(H,32,36)(H,34,35)/t24-/m0/s1. The number of fused-ring (bicyclic) bond motifs is 1. The van der Waals surface area contributed by atoms with Crippen LogP contribution in [0.5, 0.6) is 0 Å². The zero-order chi connectivity index (χ0) is 27.3. The first-order valence-corrected chi connectivity index (χ1v) is 12.9. The van der Waals surface area contributed by atoms with Gasteiger partial charge in [0.1, 0.15) is 18.5 Å². The molecule has 0 saturated carbocycles. The van der Waals surface area contributed by atoms with E-state index in [0.29, 0.717) is 19.7 Å². The van der Waals surface area contributed by atoms with E-state index in [1.165, 1.54) is 11.6 Å². The van der Waals surface area contributed by atoms with E-state index in [2.05, 4.69) is 27.7 Å². The third kappa shape index (κ3) is 9.53. The van der Waals surface area contributed by atoms with Crippen LogP contribution >= 0.6 is 0 Å². The lowest BCUT2D eigenvalue weighted by Crippen LogP contribution is -2.43. The van der Waals surface area contributed by atoms with Crippen molar-refractivity contribution in [3.05, 3.63) is 58.8 Å². The first-order valence-electron chi connectivity index (χ1n) is 12.9. The number of carboxylic acid groups (broad SMARTS) is 1. The maximum absolute atomic E-state index is 13.3. The van der Waals surface area contributed by atoms with Gasteiger partial charge in [-0.2, -0.15) is 0 Å². The molecule has 1 aliphatic heterocycles. The summed E-state index contributed by atoms with van der Waals surface area (Å²) in [5, 5.41) is 15.3. The summed E-state index contributed by atoms with van der Waals surface area (Å²) < 4.78 is 36.5. The molecule has 2 heterocycles. The maximum Gasteiger partial charge on any atom is 0.408 e. The Morgan fingerprint density at radius 3 is 2.76 bits per heavy atom. The number of ether oxygens (including phenoxy) is 2. The lowest BCUT2D eigenvalue weighted by Gasteiger charge is -2.24. The smallest absolute Gasteiger partial charge is 0.408 e. The van der Waals surface area contributed by atoms with Gasteiger partial charge in [-0.1, -0.05) is 12.1 Å². The zero-order valence-electron chi connectivity index (χ0n) is 21.7. The molecular weight excluding hydrogens is 498 g/mol. The Kier molecular flexibility index (Phi) is 11.7. The average molecular weight is 535 g/mol. The lowest BCUT2D eigenvalue weighted by molar-refractivity contribution is -0.139. The number of halogens is 2. The summed E-state index contributed by atoms with van der Waals surface area (Å²) >= 11 is 0. The number of unbranched alkanes of at least 4 members (excludes halogenated alkanes) is 1. The highest BCUT2D eigenvalue weighted by atomic mass is 19.2. The van der Waals surface area contributed by atoms with Crippen LogP contribution in [0.25, 0.3) is 0 Å². The van der Waals surface area contributed by atoms with Crippen molar-refractivity contribution in [2.75, 3.05) is 45.2 Å². The van der Waals surface area contributed by atoms with Gasteiger partial charge in [0.2, 0.25) is 0 Å². The number of hydrogen-bond acceptors (Lipinski definition) is 7. The van der Waals surface area contributed by atoms with Crippen LogP contribution in [-0.2, 0) is 33.7 Å².